The molecule has 3 aromatic rings. The molecule has 0 heterocycles. The van der Waals surface area contributed by atoms with Gasteiger partial charge < -0.3 is 10.2 Å². The molecular weight excluding hydrogens is 576 g/mol. The maximum Gasteiger partial charge on any atom is 0.244 e. The molecule has 3 rings (SSSR count). The van der Waals surface area contributed by atoms with Crippen molar-refractivity contribution < 1.29 is 22.4 Å². The van der Waals surface area contributed by atoms with E-state index >= 15 is 0 Å². The number of nitrogens with one attached hydrogen (secondary N) is 1. The van der Waals surface area contributed by atoms with Crippen molar-refractivity contribution in [3.8, 4) is 0 Å². The normalized spacial score (nSPS) is 12.0. The Balaban J connectivity index is 2.07. The van der Waals surface area contributed by atoms with E-state index < -0.39 is 40.2 Å². The Kier molecular flexibility index (Phi) is 11.4. The van der Waals surface area contributed by atoms with Gasteiger partial charge in [-0.05, 0) is 30.2 Å². The molecule has 1 unspecified atom stereocenters. The smallest absolute Gasteiger partial charge is 0.244 e. The number of nitrogens with zero attached hydrogens (tertiary/aromatic N) is 2. The van der Waals surface area contributed by atoms with E-state index in [9.17, 15) is 22.4 Å². The van der Waals surface area contributed by atoms with Gasteiger partial charge in [0, 0.05) is 25.1 Å². The summed E-state index contributed by atoms with van der Waals surface area (Å²) in [5.74, 6) is -1.69. The lowest BCUT2D eigenvalue weighted by Gasteiger charge is -2.33. The second-order valence-corrected chi connectivity index (χ2v) is 12.0. The molecule has 11 heteroatoms. The third-order valence-corrected chi connectivity index (χ3v) is 8.21. The van der Waals surface area contributed by atoms with Crippen LogP contribution in [0.15, 0.2) is 72.8 Å². The van der Waals surface area contributed by atoms with Crippen LogP contribution in [0.25, 0.3) is 0 Å². The standard InChI is InChI=1S/C29H32Cl2FN3O4S/c1-3-4-17-33-29(37)26(18-21-11-6-5-7-12-21)34(19-22-13-8-9-15-24(22)32)27(36)20-35(40(2,38)39)25-16-10-14-23(30)28(25)31/h5-16,26H,3-4,17-20H2,1-2H3,(H,33,37). The van der Waals surface area contributed by atoms with Gasteiger partial charge in [-0.1, -0.05) is 91.1 Å². The minimum absolute atomic E-state index is 0.0165. The molecule has 3 aromatic carbocycles. The maximum atomic E-state index is 14.8. The minimum Gasteiger partial charge on any atom is -0.354 e. The van der Waals surface area contributed by atoms with Gasteiger partial charge in [0.1, 0.15) is 18.4 Å². The lowest BCUT2D eigenvalue weighted by atomic mass is 10.0. The fourth-order valence-electron chi connectivity index (χ4n) is 4.15. The second-order valence-electron chi connectivity index (χ2n) is 9.31. The van der Waals surface area contributed by atoms with Gasteiger partial charge in [-0.3, -0.25) is 13.9 Å². The van der Waals surface area contributed by atoms with Gasteiger partial charge in [0.2, 0.25) is 21.8 Å². The van der Waals surface area contributed by atoms with Crippen molar-refractivity contribution in [2.75, 3.05) is 23.7 Å². The van der Waals surface area contributed by atoms with Gasteiger partial charge >= 0.3 is 0 Å². The SMILES string of the molecule is CCCCNC(=O)C(Cc1ccccc1)N(Cc1ccccc1F)C(=O)CN(c1cccc(Cl)c1Cl)S(C)(=O)=O. The number of halogens is 3. The first kappa shape index (κ1) is 31.4. The van der Waals surface area contributed by atoms with E-state index in [0.29, 0.717) is 6.54 Å². The fourth-order valence-corrected chi connectivity index (χ4v) is 5.45. The quantitative estimate of drug-likeness (QED) is 0.262. The van der Waals surface area contributed by atoms with Crippen molar-refractivity contribution in [2.45, 2.75) is 38.8 Å². The number of carbonyl (C=O) groups is 2. The van der Waals surface area contributed by atoms with Crippen LogP contribution in [-0.2, 0) is 32.6 Å². The van der Waals surface area contributed by atoms with Crippen LogP contribution in [-0.4, -0.2) is 50.5 Å². The van der Waals surface area contributed by atoms with Crippen LogP contribution in [0.2, 0.25) is 10.0 Å². The predicted octanol–water partition coefficient (Wildman–Crippen LogP) is 5.45. The molecule has 0 aliphatic carbocycles. The third kappa shape index (κ3) is 8.43. The largest absolute Gasteiger partial charge is 0.354 e. The Morgan fingerprint density at radius 3 is 2.30 bits per heavy atom. The summed E-state index contributed by atoms with van der Waals surface area (Å²) in [6.45, 7) is 1.45. The summed E-state index contributed by atoms with van der Waals surface area (Å²) in [6.07, 6.45) is 2.67. The summed E-state index contributed by atoms with van der Waals surface area (Å²) >= 11 is 12.5. The second kappa shape index (κ2) is 14.5. The Morgan fingerprint density at radius 1 is 0.975 bits per heavy atom. The predicted molar refractivity (Wildman–Crippen MR) is 157 cm³/mol. The fraction of sp³-hybridized carbons (Fsp3) is 0.310. The van der Waals surface area contributed by atoms with Crippen LogP contribution in [0, 0.1) is 5.82 Å². The number of rotatable bonds is 13. The molecule has 0 saturated carbocycles. The Bertz CT molecular complexity index is 1420. The number of hydrogen-bond acceptors (Lipinski definition) is 4. The van der Waals surface area contributed by atoms with Crippen LogP contribution >= 0.6 is 23.2 Å². The molecule has 0 aromatic heterocycles. The Labute approximate surface area is 244 Å². The van der Waals surface area contributed by atoms with Gasteiger partial charge in [-0.25, -0.2) is 12.8 Å². The molecule has 0 saturated heterocycles. The Hall–Kier alpha value is -3.14. The van der Waals surface area contributed by atoms with E-state index in [4.69, 9.17) is 23.2 Å². The average molecular weight is 609 g/mol. The molecule has 0 aliphatic rings. The highest BCUT2D eigenvalue weighted by molar-refractivity contribution is 7.92. The summed E-state index contributed by atoms with van der Waals surface area (Å²) in [5, 5.41) is 2.95. The van der Waals surface area contributed by atoms with Crippen LogP contribution in [0.5, 0.6) is 0 Å². The topological polar surface area (TPSA) is 86.8 Å². The highest BCUT2D eigenvalue weighted by Gasteiger charge is 2.34. The summed E-state index contributed by atoms with van der Waals surface area (Å²) in [6, 6.07) is 18.4. The summed E-state index contributed by atoms with van der Waals surface area (Å²) < 4.78 is 41.3. The molecule has 214 valence electrons. The van der Waals surface area contributed by atoms with Gasteiger partial charge in [0.15, 0.2) is 0 Å². The first-order chi connectivity index (χ1) is 19.0. The first-order valence-corrected chi connectivity index (χ1v) is 15.4. The molecule has 1 atom stereocenters. The Morgan fingerprint density at radius 2 is 1.65 bits per heavy atom. The van der Waals surface area contributed by atoms with Crippen molar-refractivity contribution >= 4 is 50.7 Å². The van der Waals surface area contributed by atoms with Crippen molar-refractivity contribution in [1.82, 2.24) is 10.2 Å². The zero-order chi connectivity index (χ0) is 29.3. The van der Waals surface area contributed by atoms with Crippen molar-refractivity contribution in [3.05, 3.63) is 99.8 Å². The van der Waals surface area contributed by atoms with E-state index in [2.05, 4.69) is 5.32 Å². The first-order valence-electron chi connectivity index (χ1n) is 12.8. The average Bonchev–Trinajstić information content (AvgIpc) is 2.92. The minimum atomic E-state index is -4.02. The number of sulfonamides is 1. The van der Waals surface area contributed by atoms with Gasteiger partial charge in [-0.2, -0.15) is 0 Å². The van der Waals surface area contributed by atoms with E-state index in [1.807, 2.05) is 37.3 Å². The summed E-state index contributed by atoms with van der Waals surface area (Å²) in [5.41, 5.74) is 0.979. The number of unbranched alkanes of at least 4 members (excludes halogenated alkanes) is 1. The van der Waals surface area contributed by atoms with Gasteiger partial charge in [0.25, 0.3) is 0 Å². The molecular formula is C29H32Cl2FN3O4S. The van der Waals surface area contributed by atoms with E-state index in [1.54, 1.807) is 6.07 Å². The maximum absolute atomic E-state index is 14.8. The number of anilines is 1. The molecule has 40 heavy (non-hydrogen) atoms. The van der Waals surface area contributed by atoms with Crippen molar-refractivity contribution in [1.29, 1.82) is 0 Å². The molecule has 0 aliphatic heterocycles. The molecule has 0 bridgehead atoms. The van der Waals surface area contributed by atoms with Crippen LogP contribution < -0.4 is 9.62 Å². The lowest BCUT2D eigenvalue weighted by Crippen LogP contribution is -2.53. The highest BCUT2D eigenvalue weighted by Crippen LogP contribution is 2.34. The zero-order valence-electron chi connectivity index (χ0n) is 22.3. The zero-order valence-corrected chi connectivity index (χ0v) is 24.6. The van der Waals surface area contributed by atoms with E-state index in [-0.39, 0.29) is 34.3 Å². The van der Waals surface area contributed by atoms with Gasteiger partial charge in [-0.15, -0.1) is 0 Å². The van der Waals surface area contributed by atoms with E-state index in [0.717, 1.165) is 29.0 Å². The molecule has 0 radical (unpaired) electrons. The number of carbonyl (C=O) groups excluding carboxylic acids is 2. The number of hydrogen-bond donors (Lipinski definition) is 1. The molecule has 1 N–H and O–H groups in total. The number of amides is 2. The van der Waals surface area contributed by atoms with Gasteiger partial charge in [0.05, 0.1) is 22.0 Å². The molecule has 7 nitrogen and oxygen atoms in total. The van der Waals surface area contributed by atoms with Crippen molar-refractivity contribution in [2.24, 2.45) is 0 Å². The van der Waals surface area contributed by atoms with Crippen LogP contribution in [0.1, 0.15) is 30.9 Å². The summed E-state index contributed by atoms with van der Waals surface area (Å²) in [7, 11) is -4.02. The lowest BCUT2D eigenvalue weighted by molar-refractivity contribution is -0.140. The van der Waals surface area contributed by atoms with Crippen LogP contribution in [0.4, 0.5) is 10.1 Å². The number of benzene rings is 3. The summed E-state index contributed by atoms with van der Waals surface area (Å²) in [4.78, 5) is 28.7. The van der Waals surface area contributed by atoms with Crippen LogP contribution in [0.3, 0.4) is 0 Å². The van der Waals surface area contributed by atoms with Crippen molar-refractivity contribution in [3.63, 3.8) is 0 Å². The molecule has 0 spiro atoms. The highest BCUT2D eigenvalue weighted by atomic mass is 35.5. The third-order valence-electron chi connectivity index (χ3n) is 6.28. The van der Waals surface area contributed by atoms with E-state index in [1.165, 1.54) is 41.3 Å². The monoisotopic (exact) mass is 607 g/mol. The molecule has 2 amide bonds. The molecule has 0 fully saturated rings.